The molecule has 23 heavy (non-hydrogen) atoms. The van der Waals surface area contributed by atoms with Crippen LogP contribution in [-0.2, 0) is 4.74 Å². The molecule has 3 aromatic heterocycles. The van der Waals surface area contributed by atoms with E-state index in [0.29, 0.717) is 5.02 Å². The highest BCUT2D eigenvalue weighted by atomic mass is 35.5. The van der Waals surface area contributed by atoms with E-state index in [1.165, 1.54) is 6.04 Å². The first-order valence-electron chi connectivity index (χ1n) is 7.43. The van der Waals surface area contributed by atoms with Gasteiger partial charge in [0.1, 0.15) is 10.7 Å². The van der Waals surface area contributed by atoms with Gasteiger partial charge in [-0.2, -0.15) is 0 Å². The molecule has 0 saturated heterocycles. The van der Waals surface area contributed by atoms with Gasteiger partial charge in [0.05, 0.1) is 5.02 Å². The van der Waals surface area contributed by atoms with Crippen LogP contribution in [0, 0.1) is 0 Å². The lowest BCUT2D eigenvalue weighted by Gasteiger charge is -2.13. The van der Waals surface area contributed by atoms with Crippen LogP contribution in [-0.4, -0.2) is 36.7 Å². The number of hydrogen-bond acceptors (Lipinski definition) is 4. The van der Waals surface area contributed by atoms with E-state index in [1.54, 1.807) is 36.9 Å². The highest BCUT2D eigenvalue weighted by molar-refractivity contribution is 7.13. The quantitative estimate of drug-likeness (QED) is 0.635. The van der Waals surface area contributed by atoms with E-state index in [9.17, 15) is 0 Å². The molecule has 0 aliphatic heterocycles. The van der Waals surface area contributed by atoms with Gasteiger partial charge in [-0.1, -0.05) is 31.2 Å². The molecule has 0 saturated carbocycles. The maximum atomic E-state index is 6.14. The van der Waals surface area contributed by atoms with Crippen LogP contribution in [0.5, 0.6) is 0 Å². The summed E-state index contributed by atoms with van der Waals surface area (Å²) in [4.78, 5) is 11.6. The zero-order valence-electron chi connectivity index (χ0n) is 13.9. The summed E-state index contributed by atoms with van der Waals surface area (Å²) in [5.74, 6) is 0. The second kappa shape index (κ2) is 8.05. The number of aromatic nitrogens is 3. The van der Waals surface area contributed by atoms with Gasteiger partial charge in [0.2, 0.25) is 0 Å². The number of hydrogen-bond donors (Lipinski definition) is 1. The number of halogens is 1. The largest absolute Gasteiger partial charge is 0.385 e. The van der Waals surface area contributed by atoms with E-state index in [4.69, 9.17) is 16.3 Å². The molecule has 1 N–H and O–H groups in total. The second-order valence-electron chi connectivity index (χ2n) is 6.36. The standard InChI is InChI=1S/C10H6ClN3S.C6H16OSi/c11-7-1-2-12-9-8(7)6(5-14-9)10-13-3-4-15-10;1-7-5-6-8(2,3)4/h1-5H,(H,12,14);5-6H2,1-4H3. The van der Waals surface area contributed by atoms with Gasteiger partial charge < -0.3 is 9.72 Å². The Morgan fingerprint density at radius 3 is 2.61 bits per heavy atom. The zero-order chi connectivity index (χ0) is 16.9. The van der Waals surface area contributed by atoms with Crippen LogP contribution in [0.4, 0.5) is 0 Å². The average Bonchev–Trinajstić information content (AvgIpc) is 3.14. The predicted octanol–water partition coefficient (Wildman–Crippen LogP) is 5.31. The topological polar surface area (TPSA) is 50.8 Å². The summed E-state index contributed by atoms with van der Waals surface area (Å²) >= 11 is 7.72. The molecule has 0 aliphatic carbocycles. The monoisotopic (exact) mass is 367 g/mol. The molecule has 0 radical (unpaired) electrons. The maximum Gasteiger partial charge on any atom is 0.139 e. The number of fused-ring (bicyclic) bond motifs is 1. The Kier molecular flexibility index (Phi) is 6.35. The normalized spacial score (nSPS) is 11.3. The highest BCUT2D eigenvalue weighted by Crippen LogP contribution is 2.33. The molecular formula is C16H22ClN3OSSi. The molecule has 3 heterocycles. The minimum atomic E-state index is -0.803. The molecule has 0 bridgehead atoms. The van der Waals surface area contributed by atoms with E-state index < -0.39 is 8.07 Å². The van der Waals surface area contributed by atoms with Gasteiger partial charge in [-0.25, -0.2) is 9.97 Å². The molecule has 7 heteroatoms. The lowest BCUT2D eigenvalue weighted by atomic mass is 10.2. The van der Waals surface area contributed by atoms with E-state index in [0.717, 1.165) is 28.2 Å². The number of H-pyrrole nitrogens is 1. The fraction of sp³-hybridized carbons (Fsp3) is 0.375. The van der Waals surface area contributed by atoms with Crippen LogP contribution in [0.3, 0.4) is 0 Å². The van der Waals surface area contributed by atoms with Crippen molar-refractivity contribution in [3.8, 4) is 10.6 Å². The Hall–Kier alpha value is -1.21. The third-order valence-electron chi connectivity index (χ3n) is 3.24. The first-order chi connectivity index (χ1) is 10.9. The Bertz CT molecular complexity index is 737. The van der Waals surface area contributed by atoms with Crippen molar-refractivity contribution in [3.63, 3.8) is 0 Å². The number of nitrogens with one attached hydrogen (secondary N) is 1. The number of methoxy groups -OCH3 is 1. The molecule has 0 aliphatic rings. The number of ether oxygens (including phenoxy) is 1. The lowest BCUT2D eigenvalue weighted by molar-refractivity contribution is 0.214. The zero-order valence-corrected chi connectivity index (χ0v) is 16.5. The van der Waals surface area contributed by atoms with Gasteiger partial charge in [-0.15, -0.1) is 11.3 Å². The summed E-state index contributed by atoms with van der Waals surface area (Å²) in [6.45, 7) is 8.00. The van der Waals surface area contributed by atoms with Gasteiger partial charge in [0, 0.05) is 56.7 Å². The number of aromatic amines is 1. The Labute approximate surface area is 146 Å². The summed E-state index contributed by atoms with van der Waals surface area (Å²) in [5.41, 5.74) is 1.81. The third kappa shape index (κ3) is 5.14. The Morgan fingerprint density at radius 2 is 2.04 bits per heavy atom. The van der Waals surface area contributed by atoms with Crippen LogP contribution < -0.4 is 0 Å². The first-order valence-corrected chi connectivity index (χ1v) is 12.4. The van der Waals surface area contributed by atoms with E-state index in [2.05, 4.69) is 34.6 Å². The van der Waals surface area contributed by atoms with Gasteiger partial charge in [0.25, 0.3) is 0 Å². The molecule has 0 unspecified atom stereocenters. The van der Waals surface area contributed by atoms with Crippen LogP contribution in [0.2, 0.25) is 30.7 Å². The van der Waals surface area contributed by atoms with Crippen LogP contribution in [0.15, 0.2) is 30.0 Å². The Morgan fingerprint density at radius 1 is 1.26 bits per heavy atom. The maximum absolute atomic E-state index is 6.14. The van der Waals surface area contributed by atoms with Crippen molar-refractivity contribution in [2.75, 3.05) is 13.7 Å². The molecule has 0 fully saturated rings. The van der Waals surface area contributed by atoms with Crippen molar-refractivity contribution in [3.05, 3.63) is 35.1 Å². The van der Waals surface area contributed by atoms with Crippen molar-refractivity contribution in [1.82, 2.24) is 15.0 Å². The van der Waals surface area contributed by atoms with Gasteiger partial charge in [-0.05, 0) is 12.1 Å². The van der Waals surface area contributed by atoms with Gasteiger partial charge in [0.15, 0.2) is 0 Å². The molecule has 3 rings (SSSR count). The molecular weight excluding hydrogens is 346 g/mol. The number of rotatable bonds is 4. The molecule has 0 atom stereocenters. The third-order valence-corrected chi connectivity index (χ3v) is 6.07. The smallest absolute Gasteiger partial charge is 0.139 e. The summed E-state index contributed by atoms with van der Waals surface area (Å²) in [6.07, 6.45) is 5.36. The predicted molar refractivity (Wildman–Crippen MR) is 102 cm³/mol. The van der Waals surface area contributed by atoms with E-state index in [1.807, 2.05) is 11.6 Å². The number of thiazole rings is 1. The van der Waals surface area contributed by atoms with Crippen LogP contribution in [0.25, 0.3) is 21.6 Å². The van der Waals surface area contributed by atoms with Crippen molar-refractivity contribution in [2.45, 2.75) is 25.7 Å². The lowest BCUT2D eigenvalue weighted by Crippen LogP contribution is -2.21. The number of nitrogens with zero attached hydrogens (tertiary/aromatic N) is 2. The average molecular weight is 368 g/mol. The van der Waals surface area contributed by atoms with Gasteiger partial charge in [-0.3, -0.25) is 0 Å². The van der Waals surface area contributed by atoms with Gasteiger partial charge >= 0.3 is 0 Å². The van der Waals surface area contributed by atoms with Crippen molar-refractivity contribution in [1.29, 1.82) is 0 Å². The molecule has 4 nitrogen and oxygen atoms in total. The summed E-state index contributed by atoms with van der Waals surface area (Å²) in [5, 5.41) is 4.54. The first kappa shape index (κ1) is 18.1. The minimum absolute atomic E-state index is 0.700. The van der Waals surface area contributed by atoms with Crippen LogP contribution >= 0.6 is 22.9 Å². The molecule has 0 spiro atoms. The molecule has 3 aromatic rings. The summed E-state index contributed by atoms with van der Waals surface area (Å²) < 4.78 is 4.95. The van der Waals surface area contributed by atoms with Crippen molar-refractivity contribution in [2.24, 2.45) is 0 Å². The van der Waals surface area contributed by atoms with E-state index in [-0.39, 0.29) is 0 Å². The summed E-state index contributed by atoms with van der Waals surface area (Å²) in [6, 6.07) is 3.07. The van der Waals surface area contributed by atoms with Crippen molar-refractivity contribution >= 4 is 42.0 Å². The SMILES string of the molecule is COCC[Si](C)(C)C.Clc1ccnc2[nH]cc(-c3nccs3)c12. The molecule has 0 aromatic carbocycles. The fourth-order valence-electron chi connectivity index (χ4n) is 1.95. The molecule has 0 amide bonds. The van der Waals surface area contributed by atoms with Crippen LogP contribution in [0.1, 0.15) is 0 Å². The Balaban J connectivity index is 0.000000207. The summed E-state index contributed by atoms with van der Waals surface area (Å²) in [7, 11) is 0.961. The van der Waals surface area contributed by atoms with E-state index >= 15 is 0 Å². The molecule has 124 valence electrons. The van der Waals surface area contributed by atoms with Crippen molar-refractivity contribution < 1.29 is 4.74 Å². The number of pyridine rings is 1. The highest BCUT2D eigenvalue weighted by Gasteiger charge is 2.12. The minimum Gasteiger partial charge on any atom is -0.385 e. The fourth-order valence-corrected chi connectivity index (χ4v) is 3.67. The second-order valence-corrected chi connectivity index (χ2v) is 13.3.